The number of ether oxygens (including phenoxy) is 2. The second kappa shape index (κ2) is 10.9. The van der Waals surface area contributed by atoms with Crippen molar-refractivity contribution in [1.29, 1.82) is 0 Å². The van der Waals surface area contributed by atoms with E-state index in [4.69, 9.17) is 22.4 Å². The zero-order chi connectivity index (χ0) is 25.1. The molecule has 1 aromatic carbocycles. The van der Waals surface area contributed by atoms with Crippen LogP contribution in [0.3, 0.4) is 0 Å². The lowest BCUT2D eigenvalue weighted by atomic mass is 10.0. The average molecular weight is 516 g/mol. The van der Waals surface area contributed by atoms with E-state index >= 15 is 0 Å². The summed E-state index contributed by atoms with van der Waals surface area (Å²) in [6.07, 6.45) is 3.08. The quantitative estimate of drug-likeness (QED) is 0.456. The Morgan fingerprint density at radius 3 is 2.42 bits per heavy atom. The lowest BCUT2D eigenvalue weighted by Gasteiger charge is -2.30. The van der Waals surface area contributed by atoms with Crippen LogP contribution in [0.4, 0.5) is 6.01 Å². The van der Waals surface area contributed by atoms with Crippen molar-refractivity contribution >= 4 is 17.4 Å². The van der Waals surface area contributed by atoms with Crippen LogP contribution >= 0.6 is 0 Å². The molecule has 0 N–H and O–H groups in total. The highest BCUT2D eigenvalue weighted by Crippen LogP contribution is 2.31. The molecule has 2 saturated heterocycles. The fourth-order valence-corrected chi connectivity index (χ4v) is 4.64. The minimum absolute atomic E-state index is 0.0173. The highest BCUT2D eigenvalue weighted by atomic mass is 32.2. The average Bonchev–Trinajstić information content (AvgIpc) is 3.39. The third-order valence-corrected chi connectivity index (χ3v) is 6.88. The van der Waals surface area contributed by atoms with E-state index in [0.717, 1.165) is 42.9 Å². The number of anilines is 1. The summed E-state index contributed by atoms with van der Waals surface area (Å²) in [7, 11) is 0. The van der Waals surface area contributed by atoms with Crippen molar-refractivity contribution in [2.24, 2.45) is 0 Å². The minimum Gasteiger partial charge on any atom is -0.474 e. The van der Waals surface area contributed by atoms with Crippen molar-refractivity contribution in [2.75, 3.05) is 31.2 Å². The molecule has 11 nitrogen and oxygen atoms in total. The third kappa shape index (κ3) is 5.66. The summed E-state index contributed by atoms with van der Waals surface area (Å²) < 4.78 is 39.0. The third-order valence-electron chi connectivity index (χ3n) is 6.23. The smallest absolute Gasteiger partial charge is 0.324 e. The molecule has 192 valence electrons. The number of benzene rings is 1. The monoisotopic (exact) mass is 515 g/mol. The first-order chi connectivity index (χ1) is 17.5. The second-order valence-electron chi connectivity index (χ2n) is 9.14. The Labute approximate surface area is 212 Å². The number of rotatable bonds is 7. The Morgan fingerprint density at radius 1 is 1.06 bits per heavy atom. The summed E-state index contributed by atoms with van der Waals surface area (Å²) in [4.78, 5) is 15.2. The fourth-order valence-electron chi connectivity index (χ4n) is 4.02. The van der Waals surface area contributed by atoms with Gasteiger partial charge >= 0.3 is 17.4 Å². The number of aromatic nitrogens is 4. The molecular weight excluding hydrogens is 486 g/mol. The zero-order valence-electron chi connectivity index (χ0n) is 20.5. The topological polar surface area (TPSA) is 122 Å². The van der Waals surface area contributed by atoms with Crippen molar-refractivity contribution in [3.63, 3.8) is 0 Å². The van der Waals surface area contributed by atoms with Gasteiger partial charge in [0.05, 0.1) is 18.8 Å². The van der Waals surface area contributed by atoms with E-state index in [0.29, 0.717) is 36.7 Å². The van der Waals surface area contributed by atoms with Crippen LogP contribution in [0, 0.1) is 6.92 Å². The molecule has 0 bridgehead atoms. The summed E-state index contributed by atoms with van der Waals surface area (Å²) >= 11 is -1.65. The van der Waals surface area contributed by atoms with Crippen molar-refractivity contribution in [2.45, 2.75) is 51.6 Å². The van der Waals surface area contributed by atoms with Gasteiger partial charge in [0, 0.05) is 37.8 Å². The molecule has 0 aliphatic carbocycles. The van der Waals surface area contributed by atoms with Crippen LogP contribution in [-0.2, 0) is 19.7 Å². The molecule has 0 saturated carbocycles. The maximum absolute atomic E-state index is 11.2. The molecule has 2 fully saturated rings. The predicted molar refractivity (Wildman–Crippen MR) is 130 cm³/mol. The summed E-state index contributed by atoms with van der Waals surface area (Å²) in [6.45, 7) is 8.19. The standard InChI is InChI=1S/C24H29N5O6S/c1-15(2)21-27-24(35-28-21)29-10-8-20(9-11-29)34-23-16(3)22(25-14-26-23)33-19-6-4-17(5-7-19)18-12-31-36(30)32-13-18/h4-7,14-15,18,20H,8-13H2,1-3H3/t18-,36+. The molecule has 5 rings (SSSR count). The Morgan fingerprint density at radius 2 is 1.75 bits per heavy atom. The van der Waals surface area contributed by atoms with Crippen LogP contribution in [0.25, 0.3) is 0 Å². The molecular formula is C24H29N5O6S. The normalized spacial score (nSPS) is 21.1. The summed E-state index contributed by atoms with van der Waals surface area (Å²) in [5.74, 6) is 2.57. The molecule has 2 aliphatic heterocycles. The van der Waals surface area contributed by atoms with Gasteiger partial charge in [-0.3, -0.25) is 8.37 Å². The van der Waals surface area contributed by atoms with Gasteiger partial charge < -0.3 is 18.9 Å². The molecule has 0 spiro atoms. The van der Waals surface area contributed by atoms with E-state index < -0.39 is 11.4 Å². The molecule has 2 aromatic heterocycles. The Hall–Kier alpha value is -3.09. The molecule has 0 unspecified atom stereocenters. The van der Waals surface area contributed by atoms with E-state index in [1.54, 1.807) is 0 Å². The van der Waals surface area contributed by atoms with Crippen molar-refractivity contribution < 1.29 is 26.6 Å². The minimum atomic E-state index is -1.65. The van der Waals surface area contributed by atoms with Crippen molar-refractivity contribution in [3.05, 3.63) is 47.5 Å². The van der Waals surface area contributed by atoms with E-state index in [9.17, 15) is 4.21 Å². The molecule has 0 radical (unpaired) electrons. The maximum Gasteiger partial charge on any atom is 0.324 e. The number of piperidine rings is 1. The van der Waals surface area contributed by atoms with Gasteiger partial charge in [-0.05, 0) is 24.6 Å². The molecule has 12 heteroatoms. The van der Waals surface area contributed by atoms with Crippen molar-refractivity contribution in [3.8, 4) is 17.5 Å². The van der Waals surface area contributed by atoms with Gasteiger partial charge in [0.25, 0.3) is 0 Å². The van der Waals surface area contributed by atoms with Gasteiger partial charge in [-0.15, -0.1) is 0 Å². The Kier molecular flexibility index (Phi) is 7.44. The van der Waals surface area contributed by atoms with Gasteiger partial charge in [0.2, 0.25) is 11.8 Å². The van der Waals surface area contributed by atoms with E-state index in [1.807, 2.05) is 45.0 Å². The Bertz CT molecular complexity index is 1190. The van der Waals surface area contributed by atoms with Crippen LogP contribution in [0.15, 0.2) is 35.1 Å². The molecule has 2 aliphatic rings. The summed E-state index contributed by atoms with van der Waals surface area (Å²) in [5, 5.41) is 4.05. The summed E-state index contributed by atoms with van der Waals surface area (Å²) in [5.41, 5.74) is 1.76. The highest BCUT2D eigenvalue weighted by Gasteiger charge is 2.26. The molecule has 3 aromatic rings. The molecule has 36 heavy (non-hydrogen) atoms. The number of hydrogen-bond donors (Lipinski definition) is 0. The van der Waals surface area contributed by atoms with Crippen LogP contribution in [0.1, 0.15) is 55.5 Å². The van der Waals surface area contributed by atoms with E-state index in [2.05, 4.69) is 25.0 Å². The van der Waals surface area contributed by atoms with E-state index in [-0.39, 0.29) is 17.9 Å². The maximum atomic E-state index is 11.2. The lowest BCUT2D eigenvalue weighted by Crippen LogP contribution is -2.38. The van der Waals surface area contributed by atoms with Crippen LogP contribution < -0.4 is 14.4 Å². The predicted octanol–water partition coefficient (Wildman–Crippen LogP) is 3.84. The summed E-state index contributed by atoms with van der Waals surface area (Å²) in [6, 6.07) is 8.17. The molecule has 4 heterocycles. The van der Waals surface area contributed by atoms with Gasteiger partial charge in [-0.1, -0.05) is 31.1 Å². The SMILES string of the molecule is Cc1c(Oc2ccc([C@H]3CO[S@@](=O)OC3)cc2)ncnc1OC1CCN(c2nc(C(C)C)no2)CC1. The highest BCUT2D eigenvalue weighted by molar-refractivity contribution is 7.75. The van der Waals surface area contributed by atoms with Crippen LogP contribution in [-0.4, -0.2) is 56.7 Å². The largest absolute Gasteiger partial charge is 0.474 e. The number of nitrogens with zero attached hydrogens (tertiary/aromatic N) is 5. The lowest BCUT2D eigenvalue weighted by molar-refractivity contribution is 0.159. The van der Waals surface area contributed by atoms with Crippen molar-refractivity contribution in [1.82, 2.24) is 20.1 Å². The Balaban J connectivity index is 1.17. The van der Waals surface area contributed by atoms with Crippen LogP contribution in [0.5, 0.6) is 17.5 Å². The first kappa shape index (κ1) is 24.6. The van der Waals surface area contributed by atoms with Gasteiger partial charge in [-0.2, -0.15) is 9.19 Å². The van der Waals surface area contributed by atoms with Crippen LogP contribution in [0.2, 0.25) is 0 Å². The molecule has 0 amide bonds. The second-order valence-corrected chi connectivity index (χ2v) is 10.0. The van der Waals surface area contributed by atoms with E-state index in [1.165, 1.54) is 6.33 Å². The van der Waals surface area contributed by atoms with Gasteiger partial charge in [0.15, 0.2) is 5.82 Å². The number of hydrogen-bond acceptors (Lipinski definition) is 11. The first-order valence-corrected chi connectivity index (χ1v) is 13.0. The van der Waals surface area contributed by atoms with Gasteiger partial charge in [-0.25, -0.2) is 9.97 Å². The zero-order valence-corrected chi connectivity index (χ0v) is 21.3. The first-order valence-electron chi connectivity index (χ1n) is 12.0. The molecule has 0 atom stereocenters. The fraction of sp³-hybridized carbons (Fsp3) is 0.500. The van der Waals surface area contributed by atoms with Gasteiger partial charge in [0.1, 0.15) is 18.2 Å².